The van der Waals surface area contributed by atoms with E-state index in [1.807, 2.05) is 30.3 Å². The molecule has 2 atom stereocenters. The largest absolute Gasteiger partial charge is 0.459 e. The normalized spacial score (nSPS) is 22.2. The lowest BCUT2D eigenvalue weighted by atomic mass is 10.1. The Morgan fingerprint density at radius 1 is 1.10 bits per heavy atom. The number of hydrogen-bond acceptors (Lipinski definition) is 4. The van der Waals surface area contributed by atoms with Crippen LogP contribution in [0, 0.1) is 0 Å². The van der Waals surface area contributed by atoms with E-state index in [9.17, 15) is 15.0 Å². The van der Waals surface area contributed by atoms with Gasteiger partial charge in [-0.3, -0.25) is 4.79 Å². The third-order valence-corrected chi connectivity index (χ3v) is 3.49. The summed E-state index contributed by atoms with van der Waals surface area (Å²) in [6, 6.07) is 11.2. The average molecular weight is 273 g/mol. The number of aliphatic hydroxyl groups excluding tert-OH is 2. The van der Waals surface area contributed by atoms with Crippen molar-refractivity contribution in [2.75, 3.05) is 13.1 Å². The maximum absolute atomic E-state index is 12.4. The minimum absolute atomic E-state index is 0.120. The zero-order valence-electron chi connectivity index (χ0n) is 10.8. The summed E-state index contributed by atoms with van der Waals surface area (Å²) in [5, 5.41) is 19.1. The van der Waals surface area contributed by atoms with E-state index in [0.717, 1.165) is 5.56 Å². The molecule has 1 aliphatic heterocycles. The fourth-order valence-electron chi connectivity index (χ4n) is 2.40. The molecule has 1 saturated heterocycles. The summed E-state index contributed by atoms with van der Waals surface area (Å²) in [6.45, 7) is 0.240. The van der Waals surface area contributed by atoms with E-state index >= 15 is 0 Å². The molecule has 5 heteroatoms. The van der Waals surface area contributed by atoms with E-state index in [-0.39, 0.29) is 24.8 Å². The van der Waals surface area contributed by atoms with E-state index in [1.165, 1.54) is 11.2 Å². The second kappa shape index (κ2) is 5.11. The first kappa shape index (κ1) is 12.9. The van der Waals surface area contributed by atoms with Crippen LogP contribution in [0.4, 0.5) is 0 Å². The van der Waals surface area contributed by atoms with Crippen molar-refractivity contribution in [1.82, 2.24) is 4.90 Å². The second-order valence-corrected chi connectivity index (χ2v) is 4.87. The van der Waals surface area contributed by atoms with Crippen molar-refractivity contribution >= 4 is 5.91 Å². The van der Waals surface area contributed by atoms with Gasteiger partial charge in [0.05, 0.1) is 18.5 Å². The van der Waals surface area contributed by atoms with E-state index in [1.54, 1.807) is 6.07 Å². The van der Waals surface area contributed by atoms with Crippen molar-refractivity contribution in [1.29, 1.82) is 0 Å². The van der Waals surface area contributed by atoms with Gasteiger partial charge in [-0.1, -0.05) is 30.3 Å². The molecular formula is C15H15NO4. The van der Waals surface area contributed by atoms with Crippen LogP contribution >= 0.6 is 0 Å². The van der Waals surface area contributed by atoms with Gasteiger partial charge in [-0.2, -0.15) is 0 Å². The highest BCUT2D eigenvalue weighted by molar-refractivity contribution is 5.98. The Kier molecular flexibility index (Phi) is 3.30. The summed E-state index contributed by atoms with van der Waals surface area (Å²) in [7, 11) is 0. The molecule has 2 aromatic rings. The second-order valence-electron chi connectivity index (χ2n) is 4.87. The van der Waals surface area contributed by atoms with Crippen LogP contribution < -0.4 is 0 Å². The topological polar surface area (TPSA) is 73.9 Å². The number of benzene rings is 1. The molecule has 2 N–H and O–H groups in total. The molecule has 1 fully saturated rings. The first-order chi connectivity index (χ1) is 9.66. The van der Waals surface area contributed by atoms with Gasteiger partial charge >= 0.3 is 0 Å². The number of likely N-dealkylation sites (tertiary alicyclic amines) is 1. The van der Waals surface area contributed by atoms with Crippen molar-refractivity contribution in [2.24, 2.45) is 0 Å². The average Bonchev–Trinajstić information content (AvgIpc) is 3.07. The molecule has 1 aliphatic rings. The Balaban J connectivity index is 1.89. The highest BCUT2D eigenvalue weighted by Crippen LogP contribution is 2.26. The number of amides is 1. The number of hydrogen-bond donors (Lipinski definition) is 2. The quantitative estimate of drug-likeness (QED) is 0.860. The maximum Gasteiger partial charge on any atom is 0.290 e. The van der Waals surface area contributed by atoms with Gasteiger partial charge in [-0.25, -0.2) is 0 Å². The number of β-amino-alcohol motifs (C(OH)–C–C–N with tert-alkyl or cyclic N) is 2. The van der Waals surface area contributed by atoms with E-state index in [4.69, 9.17) is 4.42 Å². The van der Waals surface area contributed by atoms with Crippen LogP contribution in [0.1, 0.15) is 10.6 Å². The van der Waals surface area contributed by atoms with Gasteiger partial charge < -0.3 is 19.5 Å². The van der Waals surface area contributed by atoms with Crippen LogP contribution in [-0.4, -0.2) is 46.3 Å². The lowest BCUT2D eigenvalue weighted by Gasteiger charge is -2.14. The van der Waals surface area contributed by atoms with Crippen LogP contribution in [0.25, 0.3) is 11.1 Å². The first-order valence-corrected chi connectivity index (χ1v) is 6.45. The summed E-state index contributed by atoms with van der Waals surface area (Å²) in [5.41, 5.74) is 1.61. The van der Waals surface area contributed by atoms with Gasteiger partial charge in [-0.05, 0) is 11.6 Å². The predicted molar refractivity (Wildman–Crippen MR) is 72.1 cm³/mol. The van der Waals surface area contributed by atoms with Crippen LogP contribution in [0.2, 0.25) is 0 Å². The number of nitrogens with zero attached hydrogens (tertiary/aromatic N) is 1. The molecule has 20 heavy (non-hydrogen) atoms. The van der Waals surface area contributed by atoms with Crippen LogP contribution in [0.3, 0.4) is 0 Å². The van der Waals surface area contributed by atoms with Crippen LogP contribution in [0.5, 0.6) is 0 Å². The monoisotopic (exact) mass is 273 g/mol. The Morgan fingerprint density at radius 3 is 2.40 bits per heavy atom. The molecule has 0 aliphatic carbocycles. The Hall–Kier alpha value is -2.11. The summed E-state index contributed by atoms with van der Waals surface area (Å²) in [5.74, 6) is -0.0815. The predicted octanol–water partition coefficient (Wildman–Crippen LogP) is 1.12. The van der Waals surface area contributed by atoms with Crippen molar-refractivity contribution in [3.05, 3.63) is 48.4 Å². The minimum atomic E-state index is -0.894. The molecule has 1 amide bonds. The van der Waals surface area contributed by atoms with E-state index in [2.05, 4.69) is 0 Å². The van der Waals surface area contributed by atoms with Gasteiger partial charge in [0, 0.05) is 18.7 Å². The lowest BCUT2D eigenvalue weighted by molar-refractivity contribution is 0.0572. The van der Waals surface area contributed by atoms with Crippen LogP contribution in [-0.2, 0) is 0 Å². The summed E-state index contributed by atoms with van der Waals surface area (Å²) >= 11 is 0. The van der Waals surface area contributed by atoms with Gasteiger partial charge in [0.2, 0.25) is 0 Å². The highest BCUT2D eigenvalue weighted by atomic mass is 16.3. The van der Waals surface area contributed by atoms with Gasteiger partial charge in [0.25, 0.3) is 5.91 Å². The van der Waals surface area contributed by atoms with Crippen molar-refractivity contribution in [2.45, 2.75) is 12.2 Å². The zero-order valence-corrected chi connectivity index (χ0v) is 10.8. The third kappa shape index (κ3) is 2.21. The Morgan fingerprint density at radius 2 is 1.75 bits per heavy atom. The molecule has 5 nitrogen and oxygen atoms in total. The molecule has 0 spiro atoms. The van der Waals surface area contributed by atoms with Crippen molar-refractivity contribution < 1.29 is 19.4 Å². The molecular weight excluding hydrogens is 258 g/mol. The fraction of sp³-hybridized carbons (Fsp3) is 0.267. The maximum atomic E-state index is 12.4. The summed E-state index contributed by atoms with van der Waals surface area (Å²) in [6.07, 6.45) is -0.318. The summed E-state index contributed by atoms with van der Waals surface area (Å²) in [4.78, 5) is 13.8. The fourth-order valence-corrected chi connectivity index (χ4v) is 2.40. The molecule has 0 saturated carbocycles. The van der Waals surface area contributed by atoms with Gasteiger partial charge in [0.15, 0.2) is 5.76 Å². The molecule has 3 rings (SSSR count). The van der Waals surface area contributed by atoms with Crippen LogP contribution in [0.15, 0.2) is 47.1 Å². The van der Waals surface area contributed by atoms with Gasteiger partial charge in [0.1, 0.15) is 0 Å². The van der Waals surface area contributed by atoms with Gasteiger partial charge in [-0.15, -0.1) is 0 Å². The number of aliphatic hydroxyl groups is 2. The first-order valence-electron chi connectivity index (χ1n) is 6.45. The molecule has 0 unspecified atom stereocenters. The number of carbonyl (C=O) groups excluding carboxylic acids is 1. The molecule has 104 valence electrons. The number of rotatable bonds is 2. The molecule has 1 aromatic carbocycles. The highest BCUT2D eigenvalue weighted by Gasteiger charge is 2.34. The number of carbonyl (C=O) groups is 1. The molecule has 2 heterocycles. The molecule has 0 radical (unpaired) electrons. The summed E-state index contributed by atoms with van der Waals surface area (Å²) < 4.78 is 5.31. The van der Waals surface area contributed by atoms with E-state index < -0.39 is 12.2 Å². The number of furan rings is 1. The Bertz CT molecular complexity index is 597. The standard InChI is InChI=1S/C15H15NO4/c17-12-8-16(9-13(12)18)15(19)14-11(6-7-20-14)10-4-2-1-3-5-10/h1-7,12-13,17-18H,8-9H2/t12-,13+. The third-order valence-electron chi connectivity index (χ3n) is 3.49. The SMILES string of the molecule is O=C(c1occc1-c1ccccc1)N1C[C@@H](O)[C@@H](O)C1. The van der Waals surface area contributed by atoms with E-state index in [0.29, 0.717) is 5.56 Å². The zero-order chi connectivity index (χ0) is 14.1. The lowest BCUT2D eigenvalue weighted by Crippen LogP contribution is -2.29. The molecule has 0 bridgehead atoms. The smallest absolute Gasteiger partial charge is 0.290 e. The van der Waals surface area contributed by atoms with Crippen molar-refractivity contribution in [3.63, 3.8) is 0 Å². The molecule has 1 aromatic heterocycles. The van der Waals surface area contributed by atoms with Crippen molar-refractivity contribution in [3.8, 4) is 11.1 Å². The minimum Gasteiger partial charge on any atom is -0.459 e. The Labute approximate surface area is 116 Å².